The highest BCUT2D eigenvalue weighted by molar-refractivity contribution is 5.48. The summed E-state index contributed by atoms with van der Waals surface area (Å²) in [5, 5.41) is 3.78. The van der Waals surface area contributed by atoms with Gasteiger partial charge in [-0.05, 0) is 42.9 Å². The third-order valence-electron chi connectivity index (χ3n) is 5.26. The van der Waals surface area contributed by atoms with E-state index in [1.165, 1.54) is 62.7 Å². The summed E-state index contributed by atoms with van der Waals surface area (Å²) < 4.78 is 0. The van der Waals surface area contributed by atoms with Gasteiger partial charge in [0.1, 0.15) is 0 Å². The van der Waals surface area contributed by atoms with Gasteiger partial charge in [-0.15, -0.1) is 0 Å². The summed E-state index contributed by atoms with van der Waals surface area (Å²) in [5.41, 5.74) is 2.89. The Morgan fingerprint density at radius 2 is 1.86 bits per heavy atom. The molecule has 2 fully saturated rings. The van der Waals surface area contributed by atoms with Gasteiger partial charge in [-0.2, -0.15) is 0 Å². The molecule has 1 unspecified atom stereocenters. The van der Waals surface area contributed by atoms with Crippen molar-refractivity contribution < 1.29 is 0 Å². The Balaban J connectivity index is 1.62. The fourth-order valence-electron chi connectivity index (χ4n) is 4.03. The van der Waals surface area contributed by atoms with Gasteiger partial charge in [0.2, 0.25) is 0 Å². The zero-order chi connectivity index (χ0) is 14.5. The summed E-state index contributed by atoms with van der Waals surface area (Å²) in [5.74, 6) is 0.904. The van der Waals surface area contributed by atoms with Crippen molar-refractivity contribution in [1.29, 1.82) is 0 Å². The number of hydrogen-bond acceptors (Lipinski definition) is 2. The van der Waals surface area contributed by atoms with Crippen LogP contribution in [-0.2, 0) is 6.42 Å². The molecule has 2 nitrogen and oxygen atoms in total. The fourth-order valence-corrected chi connectivity index (χ4v) is 4.03. The van der Waals surface area contributed by atoms with E-state index in [2.05, 4.69) is 41.4 Å². The van der Waals surface area contributed by atoms with Crippen molar-refractivity contribution >= 4 is 5.69 Å². The molecule has 1 atom stereocenters. The second-order valence-electron chi connectivity index (χ2n) is 6.82. The number of benzene rings is 1. The molecule has 21 heavy (non-hydrogen) atoms. The van der Waals surface area contributed by atoms with Crippen LogP contribution in [0.15, 0.2) is 24.3 Å². The molecule has 3 rings (SSSR count). The number of piperazine rings is 1. The Morgan fingerprint density at radius 1 is 1.10 bits per heavy atom. The van der Waals surface area contributed by atoms with Crippen LogP contribution < -0.4 is 10.2 Å². The van der Waals surface area contributed by atoms with Crippen molar-refractivity contribution in [3.8, 4) is 0 Å². The lowest BCUT2D eigenvalue weighted by molar-refractivity contribution is 0.257. The maximum atomic E-state index is 3.78. The average molecular weight is 286 g/mol. The van der Waals surface area contributed by atoms with Gasteiger partial charge in [0.15, 0.2) is 0 Å². The lowest BCUT2D eigenvalue weighted by Crippen LogP contribution is -2.54. The predicted molar refractivity (Wildman–Crippen MR) is 91.0 cm³/mol. The Morgan fingerprint density at radius 3 is 2.57 bits per heavy atom. The van der Waals surface area contributed by atoms with Crippen LogP contribution in [0.25, 0.3) is 0 Å². The Kier molecular flexibility index (Phi) is 5.18. The molecule has 1 saturated heterocycles. The van der Waals surface area contributed by atoms with Crippen molar-refractivity contribution in [1.82, 2.24) is 5.32 Å². The molecule has 1 aromatic carbocycles. The molecule has 0 aromatic heterocycles. The van der Waals surface area contributed by atoms with Crippen LogP contribution in [0, 0.1) is 5.92 Å². The highest BCUT2D eigenvalue weighted by Crippen LogP contribution is 2.29. The van der Waals surface area contributed by atoms with E-state index in [0.717, 1.165) is 19.0 Å². The molecule has 1 N–H and O–H groups in total. The maximum absolute atomic E-state index is 3.78. The van der Waals surface area contributed by atoms with Gasteiger partial charge in [0.05, 0.1) is 0 Å². The van der Waals surface area contributed by atoms with E-state index in [1.54, 1.807) is 0 Å². The number of rotatable bonds is 4. The van der Waals surface area contributed by atoms with Crippen LogP contribution in [0.4, 0.5) is 5.69 Å². The van der Waals surface area contributed by atoms with Gasteiger partial charge in [-0.25, -0.2) is 0 Å². The lowest BCUT2D eigenvalue weighted by atomic mass is 9.83. The van der Waals surface area contributed by atoms with Crippen LogP contribution in [0.5, 0.6) is 0 Å². The first-order valence-electron chi connectivity index (χ1n) is 8.94. The topological polar surface area (TPSA) is 15.3 Å². The average Bonchev–Trinajstić information content (AvgIpc) is 2.57. The summed E-state index contributed by atoms with van der Waals surface area (Å²) in [7, 11) is 0. The van der Waals surface area contributed by atoms with Crippen molar-refractivity contribution in [2.75, 3.05) is 24.5 Å². The molecule has 2 heteroatoms. The fraction of sp³-hybridized carbons (Fsp3) is 0.684. The molecule has 1 aliphatic heterocycles. The number of anilines is 1. The summed E-state index contributed by atoms with van der Waals surface area (Å²) in [6.45, 7) is 5.73. The van der Waals surface area contributed by atoms with E-state index in [4.69, 9.17) is 0 Å². The monoisotopic (exact) mass is 286 g/mol. The molecule has 1 heterocycles. The van der Waals surface area contributed by atoms with Crippen LogP contribution in [0.2, 0.25) is 0 Å². The maximum Gasteiger partial charge on any atom is 0.0367 e. The van der Waals surface area contributed by atoms with E-state index in [0.29, 0.717) is 6.04 Å². The molecule has 2 aliphatic rings. The Bertz CT molecular complexity index is 420. The first-order valence-corrected chi connectivity index (χ1v) is 8.94. The van der Waals surface area contributed by atoms with Gasteiger partial charge < -0.3 is 10.2 Å². The SMILES string of the molecule is CCCc1ccc(N2CCNC(C3CCCCC3)C2)cc1. The minimum atomic E-state index is 0.703. The molecule has 0 bridgehead atoms. The highest BCUT2D eigenvalue weighted by Gasteiger charge is 2.27. The molecule has 1 aromatic rings. The Hall–Kier alpha value is -1.02. The van der Waals surface area contributed by atoms with Gasteiger partial charge in [0.25, 0.3) is 0 Å². The number of nitrogens with zero attached hydrogens (tertiary/aromatic N) is 1. The van der Waals surface area contributed by atoms with Crippen LogP contribution >= 0.6 is 0 Å². The molecule has 0 radical (unpaired) electrons. The first-order chi connectivity index (χ1) is 10.4. The largest absolute Gasteiger partial charge is 0.369 e. The van der Waals surface area contributed by atoms with Crippen LogP contribution in [-0.4, -0.2) is 25.7 Å². The smallest absolute Gasteiger partial charge is 0.0367 e. The number of aryl methyl sites for hydroxylation is 1. The third-order valence-corrected chi connectivity index (χ3v) is 5.26. The normalized spacial score (nSPS) is 24.2. The van der Waals surface area contributed by atoms with Crippen molar-refractivity contribution in [3.05, 3.63) is 29.8 Å². The van der Waals surface area contributed by atoms with Crippen molar-refractivity contribution in [3.63, 3.8) is 0 Å². The third kappa shape index (κ3) is 3.79. The lowest BCUT2D eigenvalue weighted by Gasteiger charge is -2.40. The quantitative estimate of drug-likeness (QED) is 0.900. The van der Waals surface area contributed by atoms with Gasteiger partial charge in [-0.1, -0.05) is 44.7 Å². The highest BCUT2D eigenvalue weighted by atomic mass is 15.2. The first kappa shape index (κ1) is 14.9. The summed E-state index contributed by atoms with van der Waals surface area (Å²) in [4.78, 5) is 2.59. The molecule has 1 aliphatic carbocycles. The zero-order valence-electron chi connectivity index (χ0n) is 13.5. The predicted octanol–water partition coefficient (Wildman–Crippen LogP) is 4.00. The van der Waals surface area contributed by atoms with E-state index in [-0.39, 0.29) is 0 Å². The Labute approximate surface area is 129 Å². The van der Waals surface area contributed by atoms with E-state index >= 15 is 0 Å². The molecule has 116 valence electrons. The second-order valence-corrected chi connectivity index (χ2v) is 6.82. The van der Waals surface area contributed by atoms with Crippen LogP contribution in [0.1, 0.15) is 51.0 Å². The number of hydrogen-bond donors (Lipinski definition) is 1. The van der Waals surface area contributed by atoms with E-state index in [1.807, 2.05) is 0 Å². The minimum absolute atomic E-state index is 0.703. The van der Waals surface area contributed by atoms with E-state index in [9.17, 15) is 0 Å². The summed E-state index contributed by atoms with van der Waals surface area (Å²) >= 11 is 0. The van der Waals surface area contributed by atoms with Gasteiger partial charge >= 0.3 is 0 Å². The summed E-state index contributed by atoms with van der Waals surface area (Å²) in [6, 6.07) is 9.99. The molecule has 0 amide bonds. The van der Waals surface area contributed by atoms with Gasteiger partial charge in [0, 0.05) is 31.4 Å². The second kappa shape index (κ2) is 7.31. The molecular formula is C19H30N2. The molecule has 0 spiro atoms. The van der Waals surface area contributed by atoms with Gasteiger partial charge in [-0.3, -0.25) is 0 Å². The van der Waals surface area contributed by atoms with Crippen molar-refractivity contribution in [2.24, 2.45) is 5.92 Å². The number of nitrogens with one attached hydrogen (secondary N) is 1. The summed E-state index contributed by atoms with van der Waals surface area (Å²) in [6.07, 6.45) is 9.63. The van der Waals surface area contributed by atoms with E-state index < -0.39 is 0 Å². The van der Waals surface area contributed by atoms with Crippen molar-refractivity contribution in [2.45, 2.75) is 57.9 Å². The minimum Gasteiger partial charge on any atom is -0.369 e. The molecule has 1 saturated carbocycles. The van der Waals surface area contributed by atoms with Crippen LogP contribution in [0.3, 0.4) is 0 Å². The zero-order valence-corrected chi connectivity index (χ0v) is 13.5. The molecular weight excluding hydrogens is 256 g/mol. The standard InChI is InChI=1S/C19H30N2/c1-2-6-16-9-11-18(12-10-16)21-14-13-20-19(15-21)17-7-4-3-5-8-17/h9-12,17,19-20H,2-8,13-15H2,1H3.